The van der Waals surface area contributed by atoms with Gasteiger partial charge in [-0.1, -0.05) is 12.1 Å². The standard InChI is InChI=1S/C10H6F3S/c1-6-2-3-7-8(10(11,12)13)5-14-9(7)4-6/h2-4H,1H3. The molecule has 14 heavy (non-hydrogen) atoms. The van der Waals surface area contributed by atoms with Crippen molar-refractivity contribution in [3.8, 4) is 0 Å². The van der Waals surface area contributed by atoms with Gasteiger partial charge >= 0.3 is 6.18 Å². The molecular weight excluding hydrogens is 209 g/mol. The van der Waals surface area contributed by atoms with Gasteiger partial charge in [-0.15, -0.1) is 11.3 Å². The SMILES string of the molecule is Cc1ccc2c(C(F)(F)F)[c]sc2c1. The predicted octanol–water partition coefficient (Wildman–Crippen LogP) is 4.03. The largest absolute Gasteiger partial charge is 0.418 e. The van der Waals surface area contributed by atoms with Crippen LogP contribution < -0.4 is 0 Å². The number of rotatable bonds is 0. The minimum absolute atomic E-state index is 0.244. The van der Waals surface area contributed by atoms with Crippen LogP contribution in [0.5, 0.6) is 0 Å². The second kappa shape index (κ2) is 2.98. The Labute approximate surface area is 83.0 Å². The molecule has 1 aromatic heterocycles. The van der Waals surface area contributed by atoms with E-state index in [1.165, 1.54) is 6.07 Å². The number of halogens is 3. The van der Waals surface area contributed by atoms with Gasteiger partial charge in [-0.05, 0) is 18.6 Å². The number of fused-ring (bicyclic) bond motifs is 1. The molecule has 0 saturated heterocycles. The number of benzene rings is 1. The van der Waals surface area contributed by atoms with Gasteiger partial charge in [-0.2, -0.15) is 13.2 Å². The Morgan fingerprint density at radius 2 is 2.00 bits per heavy atom. The molecule has 4 heteroatoms. The van der Waals surface area contributed by atoms with Crippen molar-refractivity contribution in [3.05, 3.63) is 34.7 Å². The maximum Gasteiger partial charge on any atom is 0.418 e. The highest BCUT2D eigenvalue weighted by molar-refractivity contribution is 7.16. The number of thiophene rings is 1. The molecule has 0 unspecified atom stereocenters. The van der Waals surface area contributed by atoms with Gasteiger partial charge in [0.25, 0.3) is 0 Å². The molecule has 1 heterocycles. The van der Waals surface area contributed by atoms with Gasteiger partial charge in [0.1, 0.15) is 0 Å². The van der Waals surface area contributed by atoms with E-state index in [0.717, 1.165) is 16.9 Å². The average Bonchev–Trinajstić information content (AvgIpc) is 2.45. The molecule has 0 amide bonds. The highest BCUT2D eigenvalue weighted by atomic mass is 32.1. The van der Waals surface area contributed by atoms with Crippen LogP contribution in [0.2, 0.25) is 0 Å². The smallest absolute Gasteiger partial charge is 0.166 e. The summed E-state index contributed by atoms with van der Waals surface area (Å²) in [5, 5.41) is 2.54. The second-order valence-electron chi connectivity index (χ2n) is 3.08. The summed E-state index contributed by atoms with van der Waals surface area (Å²) in [6.45, 7) is 1.85. The topological polar surface area (TPSA) is 0 Å². The summed E-state index contributed by atoms with van der Waals surface area (Å²) in [4.78, 5) is 0. The molecule has 0 spiro atoms. The molecule has 0 aliphatic carbocycles. The van der Waals surface area contributed by atoms with Crippen molar-refractivity contribution in [2.45, 2.75) is 13.1 Å². The highest BCUT2D eigenvalue weighted by Crippen LogP contribution is 2.37. The molecule has 0 bridgehead atoms. The normalized spacial score (nSPS) is 12.3. The molecule has 0 nitrogen and oxygen atoms in total. The third-order valence-corrected chi connectivity index (χ3v) is 2.82. The van der Waals surface area contributed by atoms with E-state index in [1.807, 2.05) is 6.92 Å². The van der Waals surface area contributed by atoms with Crippen LogP contribution >= 0.6 is 11.3 Å². The zero-order valence-electron chi connectivity index (χ0n) is 7.27. The van der Waals surface area contributed by atoms with E-state index in [2.05, 4.69) is 5.38 Å². The molecule has 73 valence electrons. The van der Waals surface area contributed by atoms with E-state index in [-0.39, 0.29) is 5.39 Å². The van der Waals surface area contributed by atoms with Crippen LogP contribution in [0.3, 0.4) is 0 Å². The zero-order chi connectivity index (χ0) is 10.3. The first kappa shape index (κ1) is 9.52. The Kier molecular flexibility index (Phi) is 2.03. The van der Waals surface area contributed by atoms with Gasteiger partial charge in [0, 0.05) is 10.1 Å². The Balaban J connectivity index is 2.70. The Morgan fingerprint density at radius 3 is 2.64 bits per heavy atom. The van der Waals surface area contributed by atoms with E-state index >= 15 is 0 Å². The first-order valence-electron chi connectivity index (χ1n) is 3.96. The fraction of sp³-hybridized carbons (Fsp3) is 0.200. The fourth-order valence-electron chi connectivity index (χ4n) is 1.29. The van der Waals surface area contributed by atoms with Gasteiger partial charge in [-0.25, -0.2) is 0 Å². The fourth-order valence-corrected chi connectivity index (χ4v) is 2.25. The zero-order valence-corrected chi connectivity index (χ0v) is 8.09. The Hall–Kier alpha value is -1.03. The molecule has 0 aliphatic heterocycles. The van der Waals surface area contributed by atoms with Gasteiger partial charge < -0.3 is 0 Å². The maximum atomic E-state index is 12.4. The van der Waals surface area contributed by atoms with Crippen LogP contribution in [0, 0.1) is 12.3 Å². The van der Waals surface area contributed by atoms with Gasteiger partial charge in [0.2, 0.25) is 0 Å². The lowest BCUT2D eigenvalue weighted by atomic mass is 10.1. The van der Waals surface area contributed by atoms with Crippen LogP contribution in [0.15, 0.2) is 18.2 Å². The molecule has 0 aliphatic rings. The Bertz CT molecular complexity index is 468. The summed E-state index contributed by atoms with van der Waals surface area (Å²) in [7, 11) is 0. The maximum absolute atomic E-state index is 12.4. The van der Waals surface area contributed by atoms with Crippen LogP contribution in [0.1, 0.15) is 11.1 Å². The summed E-state index contributed by atoms with van der Waals surface area (Å²) < 4.78 is 37.9. The van der Waals surface area contributed by atoms with Gasteiger partial charge in [0.15, 0.2) is 0 Å². The number of hydrogen-bond donors (Lipinski definition) is 0. The lowest BCUT2D eigenvalue weighted by Crippen LogP contribution is -2.03. The quantitative estimate of drug-likeness (QED) is 0.622. The van der Waals surface area contributed by atoms with E-state index in [0.29, 0.717) is 4.70 Å². The third kappa shape index (κ3) is 1.50. The number of hydrogen-bond acceptors (Lipinski definition) is 1. The molecule has 2 aromatic rings. The summed E-state index contributed by atoms with van der Waals surface area (Å²) >= 11 is 1.01. The van der Waals surface area contributed by atoms with Crippen LogP contribution in [-0.2, 0) is 6.18 Å². The van der Waals surface area contributed by atoms with Crippen molar-refractivity contribution in [3.63, 3.8) is 0 Å². The molecule has 2 rings (SSSR count). The van der Waals surface area contributed by atoms with Crippen molar-refractivity contribution in [2.75, 3.05) is 0 Å². The van der Waals surface area contributed by atoms with Crippen molar-refractivity contribution in [1.29, 1.82) is 0 Å². The van der Waals surface area contributed by atoms with E-state index in [1.54, 1.807) is 12.1 Å². The van der Waals surface area contributed by atoms with E-state index < -0.39 is 11.7 Å². The van der Waals surface area contributed by atoms with Crippen molar-refractivity contribution in [1.82, 2.24) is 0 Å². The molecular formula is C10H6F3S. The van der Waals surface area contributed by atoms with Crippen LogP contribution in [-0.4, -0.2) is 0 Å². The summed E-state index contributed by atoms with van der Waals surface area (Å²) in [5.74, 6) is 0. The van der Waals surface area contributed by atoms with Crippen LogP contribution in [0.4, 0.5) is 13.2 Å². The monoisotopic (exact) mass is 215 g/mol. The molecule has 1 radical (unpaired) electrons. The number of aryl methyl sites for hydroxylation is 1. The van der Waals surface area contributed by atoms with Gasteiger partial charge in [0.05, 0.1) is 10.9 Å². The van der Waals surface area contributed by atoms with Crippen molar-refractivity contribution in [2.24, 2.45) is 0 Å². The highest BCUT2D eigenvalue weighted by Gasteiger charge is 2.33. The van der Waals surface area contributed by atoms with Gasteiger partial charge in [-0.3, -0.25) is 0 Å². The average molecular weight is 215 g/mol. The van der Waals surface area contributed by atoms with Crippen LogP contribution in [0.25, 0.3) is 10.1 Å². The second-order valence-corrected chi connectivity index (χ2v) is 3.92. The Morgan fingerprint density at radius 1 is 1.29 bits per heavy atom. The van der Waals surface area contributed by atoms with Crippen molar-refractivity contribution < 1.29 is 13.2 Å². The predicted molar refractivity (Wildman–Crippen MR) is 50.4 cm³/mol. The lowest BCUT2D eigenvalue weighted by molar-refractivity contribution is -0.136. The van der Waals surface area contributed by atoms with Crippen molar-refractivity contribution >= 4 is 21.4 Å². The summed E-state index contributed by atoms with van der Waals surface area (Å²) in [6, 6.07) is 4.92. The molecule has 1 aromatic carbocycles. The van der Waals surface area contributed by atoms with E-state index in [4.69, 9.17) is 0 Å². The van der Waals surface area contributed by atoms with E-state index in [9.17, 15) is 13.2 Å². The lowest BCUT2D eigenvalue weighted by Gasteiger charge is -2.03. The third-order valence-electron chi connectivity index (χ3n) is 1.95. The molecule has 0 atom stereocenters. The number of alkyl halides is 3. The molecule has 0 fully saturated rings. The first-order valence-corrected chi connectivity index (χ1v) is 4.78. The summed E-state index contributed by atoms with van der Waals surface area (Å²) in [6.07, 6.45) is -4.30. The minimum atomic E-state index is -4.30. The summed E-state index contributed by atoms with van der Waals surface area (Å²) in [5.41, 5.74) is 0.305. The molecule has 0 N–H and O–H groups in total. The minimum Gasteiger partial charge on any atom is -0.166 e. The molecule has 0 saturated carbocycles. The first-order chi connectivity index (χ1) is 6.48.